The molecule has 0 unspecified atom stereocenters. The van der Waals surface area contributed by atoms with Crippen molar-refractivity contribution < 1.29 is 0 Å². The maximum Gasteiger partial charge on any atom is -0.0247 e. The number of hydrogen-bond acceptors (Lipinski definition) is 0. The largest absolute Gasteiger partial charge is 0.0654 e. The van der Waals surface area contributed by atoms with Crippen LogP contribution in [0.2, 0.25) is 0 Å². The normalized spacial score (nSPS) is 10.4. The molecule has 1 aromatic carbocycles. The van der Waals surface area contributed by atoms with Gasteiger partial charge in [-0.15, -0.1) is 0 Å². The molecule has 71 valence electrons. The SMILES string of the molecule is CCC[CH]Cc1cc(C)cc(C)c1. The van der Waals surface area contributed by atoms with Crippen LogP contribution in [0, 0.1) is 20.3 Å². The van der Waals surface area contributed by atoms with Crippen molar-refractivity contribution in [3.63, 3.8) is 0 Å². The molecule has 0 aliphatic heterocycles. The van der Waals surface area contributed by atoms with Crippen LogP contribution in [0.5, 0.6) is 0 Å². The third-order valence-corrected chi connectivity index (χ3v) is 2.15. The zero-order valence-electron chi connectivity index (χ0n) is 8.93. The first-order chi connectivity index (χ1) is 6.22. The summed E-state index contributed by atoms with van der Waals surface area (Å²) in [7, 11) is 0. The summed E-state index contributed by atoms with van der Waals surface area (Å²) in [6, 6.07) is 6.78. The molecule has 0 aromatic heterocycles. The van der Waals surface area contributed by atoms with Gasteiger partial charge in [-0.05, 0) is 32.3 Å². The van der Waals surface area contributed by atoms with E-state index < -0.39 is 0 Å². The second kappa shape index (κ2) is 5.06. The van der Waals surface area contributed by atoms with Gasteiger partial charge < -0.3 is 0 Å². The molecule has 13 heavy (non-hydrogen) atoms. The summed E-state index contributed by atoms with van der Waals surface area (Å²) in [4.78, 5) is 0. The van der Waals surface area contributed by atoms with Gasteiger partial charge in [0.25, 0.3) is 0 Å². The van der Waals surface area contributed by atoms with E-state index in [1.165, 1.54) is 29.5 Å². The van der Waals surface area contributed by atoms with Gasteiger partial charge in [0.1, 0.15) is 0 Å². The third kappa shape index (κ3) is 3.63. The number of rotatable bonds is 4. The van der Waals surface area contributed by atoms with Gasteiger partial charge >= 0.3 is 0 Å². The monoisotopic (exact) mass is 175 g/mol. The highest BCUT2D eigenvalue weighted by molar-refractivity contribution is 5.29. The fourth-order valence-corrected chi connectivity index (χ4v) is 1.66. The quantitative estimate of drug-likeness (QED) is 0.610. The fraction of sp³-hybridized carbons (Fsp3) is 0.462. The molecule has 1 rings (SSSR count). The van der Waals surface area contributed by atoms with Crippen LogP contribution in [-0.4, -0.2) is 0 Å². The summed E-state index contributed by atoms with van der Waals surface area (Å²) < 4.78 is 0. The predicted molar refractivity (Wildman–Crippen MR) is 58.8 cm³/mol. The van der Waals surface area contributed by atoms with Gasteiger partial charge in [-0.1, -0.05) is 49.1 Å². The minimum absolute atomic E-state index is 1.12. The molecule has 0 heteroatoms. The first kappa shape index (κ1) is 10.3. The van der Waals surface area contributed by atoms with Crippen molar-refractivity contribution in [3.8, 4) is 0 Å². The van der Waals surface area contributed by atoms with E-state index in [-0.39, 0.29) is 0 Å². The lowest BCUT2D eigenvalue weighted by atomic mass is 10.0. The topological polar surface area (TPSA) is 0 Å². The lowest BCUT2D eigenvalue weighted by molar-refractivity contribution is 0.863. The smallest absolute Gasteiger partial charge is 0.0247 e. The molecule has 0 aliphatic rings. The standard InChI is InChI=1S/C13H19/c1-4-5-6-7-13-9-11(2)8-12(3)10-13/h6,8-10H,4-5,7H2,1-3H3. The Morgan fingerprint density at radius 2 is 1.69 bits per heavy atom. The van der Waals surface area contributed by atoms with Gasteiger partial charge in [0.05, 0.1) is 0 Å². The summed E-state index contributed by atoms with van der Waals surface area (Å²) in [6.45, 7) is 6.55. The Morgan fingerprint density at radius 3 is 2.23 bits per heavy atom. The molecule has 0 nitrogen and oxygen atoms in total. The van der Waals surface area contributed by atoms with Gasteiger partial charge in [-0.25, -0.2) is 0 Å². The molecule has 1 radical (unpaired) electrons. The first-order valence-electron chi connectivity index (χ1n) is 5.11. The van der Waals surface area contributed by atoms with Crippen LogP contribution >= 0.6 is 0 Å². The van der Waals surface area contributed by atoms with Crippen LogP contribution in [0.1, 0.15) is 36.5 Å². The van der Waals surface area contributed by atoms with Crippen LogP contribution in [0.4, 0.5) is 0 Å². The van der Waals surface area contributed by atoms with Crippen LogP contribution in [0.25, 0.3) is 0 Å². The van der Waals surface area contributed by atoms with E-state index in [9.17, 15) is 0 Å². The van der Waals surface area contributed by atoms with Gasteiger partial charge in [-0.3, -0.25) is 0 Å². The highest BCUT2D eigenvalue weighted by Crippen LogP contribution is 2.11. The minimum atomic E-state index is 1.12. The predicted octanol–water partition coefficient (Wildman–Crippen LogP) is 3.85. The molecule has 0 heterocycles. The van der Waals surface area contributed by atoms with Crippen molar-refractivity contribution in [2.45, 2.75) is 40.0 Å². The summed E-state index contributed by atoms with van der Waals surface area (Å²) in [5.74, 6) is 0. The minimum Gasteiger partial charge on any atom is -0.0654 e. The van der Waals surface area contributed by atoms with Gasteiger partial charge in [0.15, 0.2) is 0 Å². The van der Waals surface area contributed by atoms with E-state index in [4.69, 9.17) is 0 Å². The van der Waals surface area contributed by atoms with Crippen molar-refractivity contribution in [2.24, 2.45) is 0 Å². The molecular formula is C13H19. The Kier molecular flexibility index (Phi) is 4.01. The van der Waals surface area contributed by atoms with E-state index in [0.717, 1.165) is 6.42 Å². The van der Waals surface area contributed by atoms with Crippen molar-refractivity contribution in [1.82, 2.24) is 0 Å². The number of benzene rings is 1. The van der Waals surface area contributed by atoms with Crippen molar-refractivity contribution in [1.29, 1.82) is 0 Å². The molecule has 0 amide bonds. The van der Waals surface area contributed by atoms with Gasteiger partial charge in [0.2, 0.25) is 0 Å². The molecular weight excluding hydrogens is 156 g/mol. The Balaban J connectivity index is 2.56. The average molecular weight is 175 g/mol. The number of hydrogen-bond donors (Lipinski definition) is 0. The van der Waals surface area contributed by atoms with E-state index in [1.54, 1.807) is 0 Å². The number of unbranched alkanes of at least 4 members (excludes halogenated alkanes) is 2. The van der Waals surface area contributed by atoms with Crippen LogP contribution in [0.15, 0.2) is 18.2 Å². The van der Waals surface area contributed by atoms with Crippen molar-refractivity contribution in [2.75, 3.05) is 0 Å². The summed E-state index contributed by atoms with van der Waals surface area (Å²) in [5, 5.41) is 0. The molecule has 0 saturated heterocycles. The molecule has 0 spiro atoms. The second-order valence-electron chi connectivity index (χ2n) is 3.78. The maximum absolute atomic E-state index is 2.37. The van der Waals surface area contributed by atoms with Crippen molar-refractivity contribution >= 4 is 0 Å². The van der Waals surface area contributed by atoms with Gasteiger partial charge in [-0.2, -0.15) is 0 Å². The fourth-order valence-electron chi connectivity index (χ4n) is 1.66. The van der Waals surface area contributed by atoms with Crippen LogP contribution in [0.3, 0.4) is 0 Å². The third-order valence-electron chi connectivity index (χ3n) is 2.15. The van der Waals surface area contributed by atoms with E-state index in [2.05, 4.69) is 45.4 Å². The lowest BCUT2D eigenvalue weighted by Crippen LogP contribution is -1.88. The summed E-state index contributed by atoms with van der Waals surface area (Å²) in [6.07, 6.45) is 5.97. The molecule has 0 saturated carbocycles. The average Bonchev–Trinajstić information content (AvgIpc) is 2.03. The van der Waals surface area contributed by atoms with E-state index in [0.29, 0.717) is 0 Å². The molecule has 0 aliphatic carbocycles. The summed E-state index contributed by atoms with van der Waals surface area (Å²) >= 11 is 0. The van der Waals surface area contributed by atoms with E-state index >= 15 is 0 Å². The molecule has 0 bridgehead atoms. The highest BCUT2D eigenvalue weighted by atomic mass is 14.0. The lowest BCUT2D eigenvalue weighted by Gasteiger charge is -2.03. The highest BCUT2D eigenvalue weighted by Gasteiger charge is 1.95. The molecule has 0 fully saturated rings. The first-order valence-corrected chi connectivity index (χ1v) is 5.11. The Morgan fingerprint density at radius 1 is 1.08 bits per heavy atom. The maximum atomic E-state index is 2.37. The second-order valence-corrected chi connectivity index (χ2v) is 3.78. The number of aryl methyl sites for hydroxylation is 2. The zero-order valence-corrected chi connectivity index (χ0v) is 8.93. The van der Waals surface area contributed by atoms with Crippen LogP contribution < -0.4 is 0 Å². The zero-order chi connectivity index (χ0) is 9.68. The Bertz CT molecular complexity index is 240. The molecule has 0 N–H and O–H groups in total. The molecule has 1 aromatic rings. The Labute approximate surface area is 82.0 Å². The van der Waals surface area contributed by atoms with Crippen LogP contribution in [-0.2, 0) is 6.42 Å². The Hall–Kier alpha value is -0.780. The van der Waals surface area contributed by atoms with Gasteiger partial charge in [0, 0.05) is 0 Å². The summed E-state index contributed by atoms with van der Waals surface area (Å²) in [5.41, 5.74) is 4.20. The van der Waals surface area contributed by atoms with Crippen molar-refractivity contribution in [3.05, 3.63) is 41.3 Å². The molecule has 0 atom stereocenters. The van der Waals surface area contributed by atoms with E-state index in [1.807, 2.05) is 0 Å².